The van der Waals surface area contributed by atoms with Crippen LogP contribution in [0.2, 0.25) is 0 Å². The monoisotopic (exact) mass is 492 g/mol. The third-order valence-electron chi connectivity index (χ3n) is 6.39. The summed E-state index contributed by atoms with van der Waals surface area (Å²) in [4.78, 5) is 15.7. The van der Waals surface area contributed by atoms with Crippen LogP contribution < -0.4 is 4.90 Å². The molecule has 1 heterocycles. The van der Waals surface area contributed by atoms with Crippen molar-refractivity contribution in [2.45, 2.75) is 31.1 Å². The fraction of sp³-hybridized carbons (Fsp3) is 0.435. The number of carbonyl (C=O) groups excluding carboxylic acids is 1. The predicted molar refractivity (Wildman–Crippen MR) is 108 cm³/mol. The Balaban J connectivity index is 1.43. The number of alkyl halides is 8. The van der Waals surface area contributed by atoms with E-state index in [2.05, 4.69) is 0 Å². The van der Waals surface area contributed by atoms with Crippen LogP contribution >= 0.6 is 0 Å². The number of anilines is 1. The number of aryl methyl sites for hydroxylation is 1. The summed E-state index contributed by atoms with van der Waals surface area (Å²) >= 11 is 0. The van der Waals surface area contributed by atoms with Crippen LogP contribution in [0.3, 0.4) is 0 Å². The minimum atomic E-state index is -4.60. The molecule has 0 aromatic heterocycles. The number of hydrogen-bond donors (Lipinski definition) is 0. The van der Waals surface area contributed by atoms with Gasteiger partial charge in [-0.1, -0.05) is 18.2 Å². The van der Waals surface area contributed by atoms with Crippen molar-refractivity contribution < 1.29 is 39.9 Å². The van der Waals surface area contributed by atoms with E-state index >= 15 is 0 Å². The molecule has 2 atom stereocenters. The third-order valence-corrected chi connectivity index (χ3v) is 6.39. The van der Waals surface area contributed by atoms with Crippen molar-refractivity contribution >= 4 is 11.6 Å². The first kappa shape index (κ1) is 24.3. The van der Waals surface area contributed by atoms with Crippen molar-refractivity contribution in [3.63, 3.8) is 0 Å². The van der Waals surface area contributed by atoms with Crippen molar-refractivity contribution in [2.24, 2.45) is 5.92 Å². The summed E-state index contributed by atoms with van der Waals surface area (Å²) in [5, 5.41) is 0. The van der Waals surface area contributed by atoms with Gasteiger partial charge < -0.3 is 9.80 Å². The first-order valence-corrected chi connectivity index (χ1v) is 10.5. The van der Waals surface area contributed by atoms with E-state index in [0.29, 0.717) is 23.4 Å². The average Bonchev–Trinajstić information content (AvgIpc) is 3.34. The van der Waals surface area contributed by atoms with Gasteiger partial charge in [-0.2, -0.15) is 26.3 Å². The van der Waals surface area contributed by atoms with Gasteiger partial charge in [0, 0.05) is 31.9 Å². The molecule has 1 aliphatic heterocycles. The lowest BCUT2D eigenvalue weighted by Crippen LogP contribution is -2.50. The molecule has 1 saturated carbocycles. The summed E-state index contributed by atoms with van der Waals surface area (Å²) < 4.78 is 106. The molecule has 34 heavy (non-hydrogen) atoms. The predicted octanol–water partition coefficient (Wildman–Crippen LogP) is 5.73. The zero-order chi connectivity index (χ0) is 25.1. The molecule has 0 N–H and O–H groups in total. The number of carbonyl (C=O) groups is 1. The Morgan fingerprint density at radius 2 is 1.38 bits per heavy atom. The molecule has 4 rings (SSSR count). The Labute approximate surface area is 189 Å². The lowest BCUT2D eigenvalue weighted by molar-refractivity contribution is -0.138. The number of hydrogen-bond acceptors (Lipinski definition) is 2. The third kappa shape index (κ3) is 4.44. The maximum atomic E-state index is 14.5. The fourth-order valence-electron chi connectivity index (χ4n) is 4.42. The van der Waals surface area contributed by atoms with Gasteiger partial charge in [0.15, 0.2) is 0 Å². The van der Waals surface area contributed by atoms with E-state index in [0.717, 1.165) is 24.3 Å². The normalized spacial score (nSPS) is 22.6. The largest absolute Gasteiger partial charge is 0.416 e. The lowest BCUT2D eigenvalue weighted by atomic mass is 10.1. The number of halogens is 8. The quantitative estimate of drug-likeness (QED) is 0.511. The first-order valence-electron chi connectivity index (χ1n) is 10.5. The highest BCUT2D eigenvalue weighted by atomic mass is 19.4. The molecule has 11 heteroatoms. The van der Waals surface area contributed by atoms with Gasteiger partial charge >= 0.3 is 12.4 Å². The zero-order valence-electron chi connectivity index (χ0n) is 17.9. The summed E-state index contributed by atoms with van der Waals surface area (Å²) in [6.45, 7) is 2.07. The topological polar surface area (TPSA) is 23.6 Å². The fourth-order valence-corrected chi connectivity index (χ4v) is 4.42. The van der Waals surface area contributed by atoms with Gasteiger partial charge in [-0.05, 0) is 42.3 Å². The molecule has 0 bridgehead atoms. The first-order chi connectivity index (χ1) is 15.7. The molecule has 2 aromatic rings. The van der Waals surface area contributed by atoms with Gasteiger partial charge in [0.2, 0.25) is 5.91 Å². The van der Waals surface area contributed by atoms with E-state index in [1.807, 2.05) is 0 Å². The Morgan fingerprint density at radius 1 is 0.853 bits per heavy atom. The van der Waals surface area contributed by atoms with E-state index in [-0.39, 0.29) is 31.7 Å². The van der Waals surface area contributed by atoms with E-state index in [4.69, 9.17) is 0 Å². The number of rotatable bonds is 3. The van der Waals surface area contributed by atoms with Crippen LogP contribution in [-0.4, -0.2) is 42.9 Å². The summed E-state index contributed by atoms with van der Waals surface area (Å²) in [6, 6.07) is 6.71. The van der Waals surface area contributed by atoms with Gasteiger partial charge in [0.05, 0.1) is 17.0 Å². The minimum absolute atomic E-state index is 0.0425. The molecular formula is C23H20F8N2O. The van der Waals surface area contributed by atoms with Crippen molar-refractivity contribution in [1.82, 2.24) is 4.90 Å². The van der Waals surface area contributed by atoms with Crippen LogP contribution in [0.15, 0.2) is 42.5 Å². The Kier molecular flexibility index (Phi) is 5.80. The molecule has 2 fully saturated rings. The van der Waals surface area contributed by atoms with Crippen LogP contribution in [0.1, 0.15) is 28.2 Å². The molecule has 0 radical (unpaired) electrons. The SMILES string of the molecule is Cc1ccc(C(F)(F)F)cc1N1CCN(C(=O)C2[C@@H](c3ccc(C(F)(F)F)cc3)C2(F)F)CC1. The molecular weight excluding hydrogens is 472 g/mol. The van der Waals surface area contributed by atoms with Gasteiger partial charge in [-0.15, -0.1) is 0 Å². The van der Waals surface area contributed by atoms with Crippen molar-refractivity contribution in [3.05, 3.63) is 64.7 Å². The molecule has 3 nitrogen and oxygen atoms in total. The van der Waals surface area contributed by atoms with Crippen molar-refractivity contribution in [3.8, 4) is 0 Å². The number of amides is 1. The standard InChI is InChI=1S/C23H20F8N2O/c1-13-2-5-16(23(29,30)31)12-17(13)32-8-10-33(11-9-32)20(34)19-18(21(19,24)25)14-3-6-15(7-4-14)22(26,27)28/h2-7,12,18-19H,8-11H2,1H3/t18-,19?/m1/s1. The highest BCUT2D eigenvalue weighted by Gasteiger charge is 2.73. The van der Waals surface area contributed by atoms with Gasteiger partial charge in [-0.25, -0.2) is 8.78 Å². The number of benzene rings is 2. The van der Waals surface area contributed by atoms with Gasteiger partial charge in [0.1, 0.15) is 5.92 Å². The molecule has 1 saturated heterocycles. The second kappa shape index (κ2) is 8.13. The van der Waals surface area contributed by atoms with Crippen molar-refractivity contribution in [1.29, 1.82) is 0 Å². The maximum absolute atomic E-state index is 14.5. The second-order valence-corrected chi connectivity index (χ2v) is 8.56. The molecule has 1 unspecified atom stereocenters. The smallest absolute Gasteiger partial charge is 0.368 e. The molecule has 2 aromatic carbocycles. The Hall–Kier alpha value is -2.85. The van der Waals surface area contributed by atoms with E-state index in [1.54, 1.807) is 11.8 Å². The lowest BCUT2D eigenvalue weighted by Gasteiger charge is -2.37. The van der Waals surface area contributed by atoms with E-state index < -0.39 is 47.1 Å². The molecule has 1 aliphatic carbocycles. The Morgan fingerprint density at radius 3 is 1.91 bits per heavy atom. The van der Waals surface area contributed by atoms with Gasteiger partial charge in [-0.3, -0.25) is 4.79 Å². The summed E-state index contributed by atoms with van der Waals surface area (Å²) in [7, 11) is 0. The molecule has 1 amide bonds. The minimum Gasteiger partial charge on any atom is -0.368 e. The zero-order valence-corrected chi connectivity index (χ0v) is 17.9. The van der Waals surface area contributed by atoms with Crippen LogP contribution in [0.25, 0.3) is 0 Å². The second-order valence-electron chi connectivity index (χ2n) is 8.56. The number of piperazine rings is 1. The van der Waals surface area contributed by atoms with E-state index in [9.17, 15) is 39.9 Å². The van der Waals surface area contributed by atoms with Crippen LogP contribution in [0.5, 0.6) is 0 Å². The number of nitrogens with zero attached hydrogens (tertiary/aromatic N) is 2. The highest BCUT2D eigenvalue weighted by molar-refractivity contribution is 5.85. The van der Waals surface area contributed by atoms with E-state index in [1.165, 1.54) is 11.0 Å². The maximum Gasteiger partial charge on any atom is 0.416 e. The summed E-state index contributed by atoms with van der Waals surface area (Å²) in [5.74, 6) is -7.38. The summed E-state index contributed by atoms with van der Waals surface area (Å²) in [6.07, 6.45) is -9.11. The van der Waals surface area contributed by atoms with Crippen LogP contribution in [-0.2, 0) is 17.1 Å². The van der Waals surface area contributed by atoms with Crippen LogP contribution in [0.4, 0.5) is 40.8 Å². The average molecular weight is 492 g/mol. The molecule has 0 spiro atoms. The molecule has 184 valence electrons. The molecule has 2 aliphatic rings. The highest BCUT2D eigenvalue weighted by Crippen LogP contribution is 2.62. The van der Waals surface area contributed by atoms with Gasteiger partial charge in [0.25, 0.3) is 5.92 Å². The Bertz CT molecular complexity index is 1070. The summed E-state index contributed by atoms with van der Waals surface area (Å²) in [5.41, 5.74) is -0.840. The van der Waals surface area contributed by atoms with Crippen LogP contribution in [0, 0.1) is 12.8 Å². The van der Waals surface area contributed by atoms with Crippen molar-refractivity contribution in [2.75, 3.05) is 31.1 Å².